The van der Waals surface area contributed by atoms with E-state index in [1.54, 1.807) is 0 Å². The maximum atomic E-state index is 11.6. The van der Waals surface area contributed by atoms with Crippen LogP contribution in [-0.4, -0.2) is 35.3 Å². The largest absolute Gasteiger partial charge is 0.391 e. The number of halogens is 1. The molecule has 2 aromatic rings. The third-order valence-corrected chi connectivity index (χ3v) is 3.76. The number of amides is 2. The van der Waals surface area contributed by atoms with Gasteiger partial charge < -0.3 is 20.7 Å². The minimum absolute atomic E-state index is 0.256. The molecule has 0 aliphatic carbocycles. The number of carbonyl (C=O) groups is 1. The molecule has 120 valence electrons. The van der Waals surface area contributed by atoms with Gasteiger partial charge >= 0.3 is 6.03 Å². The average Bonchev–Trinajstić information content (AvgIpc) is 2.88. The molecule has 0 spiro atoms. The minimum atomic E-state index is -0.480. The Morgan fingerprint density at radius 3 is 3.00 bits per heavy atom. The van der Waals surface area contributed by atoms with Crippen molar-refractivity contribution in [2.75, 3.05) is 13.1 Å². The van der Waals surface area contributed by atoms with E-state index in [4.69, 9.17) is 11.6 Å². The highest BCUT2D eigenvalue weighted by atomic mass is 35.5. The predicted octanol–water partition coefficient (Wildman–Crippen LogP) is 2.82. The van der Waals surface area contributed by atoms with Crippen LogP contribution in [0.3, 0.4) is 0 Å². The lowest BCUT2D eigenvalue weighted by atomic mass is 10.1. The van der Waals surface area contributed by atoms with Crippen molar-refractivity contribution in [2.45, 2.75) is 32.3 Å². The highest BCUT2D eigenvalue weighted by Gasteiger charge is 2.07. The topological polar surface area (TPSA) is 77.2 Å². The molecule has 1 aromatic carbocycles. The van der Waals surface area contributed by atoms with Crippen LogP contribution in [0.4, 0.5) is 4.79 Å². The van der Waals surface area contributed by atoms with Crippen molar-refractivity contribution >= 4 is 28.5 Å². The summed E-state index contributed by atoms with van der Waals surface area (Å²) in [5.74, 6) is 0. The lowest BCUT2D eigenvalue weighted by Crippen LogP contribution is -2.40. The number of H-pyrrole nitrogens is 1. The SMILES string of the molecule is CCCC(O)CNC(=O)NCCc1c[nH]c2ccc(Cl)cc12. The molecule has 2 rings (SSSR count). The highest BCUT2D eigenvalue weighted by molar-refractivity contribution is 6.31. The van der Waals surface area contributed by atoms with Crippen molar-refractivity contribution in [3.05, 3.63) is 35.0 Å². The van der Waals surface area contributed by atoms with E-state index < -0.39 is 6.10 Å². The number of aromatic nitrogens is 1. The third-order valence-electron chi connectivity index (χ3n) is 3.53. The molecule has 1 heterocycles. The van der Waals surface area contributed by atoms with E-state index in [2.05, 4.69) is 15.6 Å². The molecular formula is C16H22ClN3O2. The zero-order valence-corrected chi connectivity index (χ0v) is 13.4. The first kappa shape index (κ1) is 16.6. The van der Waals surface area contributed by atoms with Gasteiger partial charge in [0.1, 0.15) is 0 Å². The lowest BCUT2D eigenvalue weighted by molar-refractivity contribution is 0.160. The zero-order chi connectivity index (χ0) is 15.9. The van der Waals surface area contributed by atoms with Crippen molar-refractivity contribution in [2.24, 2.45) is 0 Å². The van der Waals surface area contributed by atoms with Crippen LogP contribution in [0.25, 0.3) is 10.9 Å². The minimum Gasteiger partial charge on any atom is -0.391 e. The zero-order valence-electron chi connectivity index (χ0n) is 12.7. The Bertz CT molecular complexity index is 627. The molecule has 4 N–H and O–H groups in total. The quantitative estimate of drug-likeness (QED) is 0.632. The monoisotopic (exact) mass is 323 g/mol. The van der Waals surface area contributed by atoms with E-state index in [9.17, 15) is 9.90 Å². The second-order valence-corrected chi connectivity index (χ2v) is 5.77. The Balaban J connectivity index is 1.78. The second-order valence-electron chi connectivity index (χ2n) is 5.33. The Morgan fingerprint density at radius 1 is 1.41 bits per heavy atom. The first-order valence-electron chi connectivity index (χ1n) is 7.55. The van der Waals surface area contributed by atoms with Gasteiger partial charge in [0.25, 0.3) is 0 Å². The van der Waals surface area contributed by atoms with Gasteiger partial charge in [0, 0.05) is 35.2 Å². The van der Waals surface area contributed by atoms with E-state index in [0.717, 1.165) is 22.9 Å². The summed E-state index contributed by atoms with van der Waals surface area (Å²) in [6, 6.07) is 5.45. The average molecular weight is 324 g/mol. The first-order chi connectivity index (χ1) is 10.6. The molecule has 0 saturated carbocycles. The van der Waals surface area contributed by atoms with Crippen LogP contribution in [-0.2, 0) is 6.42 Å². The summed E-state index contributed by atoms with van der Waals surface area (Å²) in [5.41, 5.74) is 2.15. The van der Waals surface area contributed by atoms with Gasteiger partial charge in [0.15, 0.2) is 0 Å². The molecule has 0 bridgehead atoms. The van der Waals surface area contributed by atoms with Crippen LogP contribution in [0, 0.1) is 0 Å². The summed E-state index contributed by atoms with van der Waals surface area (Å²) in [7, 11) is 0. The molecule has 0 radical (unpaired) electrons. The van der Waals surface area contributed by atoms with E-state index in [1.165, 1.54) is 0 Å². The number of hydrogen-bond acceptors (Lipinski definition) is 2. The van der Waals surface area contributed by atoms with Crippen LogP contribution < -0.4 is 10.6 Å². The van der Waals surface area contributed by atoms with Crippen LogP contribution in [0.2, 0.25) is 5.02 Å². The smallest absolute Gasteiger partial charge is 0.314 e. The van der Waals surface area contributed by atoms with Crippen molar-refractivity contribution < 1.29 is 9.90 Å². The van der Waals surface area contributed by atoms with Crippen LogP contribution in [0.15, 0.2) is 24.4 Å². The molecule has 1 aromatic heterocycles. The number of hydrogen-bond donors (Lipinski definition) is 4. The molecule has 2 amide bonds. The van der Waals surface area contributed by atoms with Gasteiger partial charge in [-0.15, -0.1) is 0 Å². The lowest BCUT2D eigenvalue weighted by Gasteiger charge is -2.11. The Hall–Kier alpha value is -1.72. The van der Waals surface area contributed by atoms with Gasteiger partial charge in [-0.3, -0.25) is 0 Å². The molecular weight excluding hydrogens is 302 g/mol. The van der Waals surface area contributed by atoms with Gasteiger partial charge in [-0.1, -0.05) is 24.9 Å². The second kappa shape index (κ2) is 8.06. The molecule has 6 heteroatoms. The van der Waals surface area contributed by atoms with Crippen LogP contribution in [0.5, 0.6) is 0 Å². The molecule has 0 aliphatic heterocycles. The molecule has 0 fully saturated rings. The van der Waals surface area contributed by atoms with Crippen LogP contribution >= 0.6 is 11.6 Å². The van der Waals surface area contributed by atoms with Gasteiger partial charge in [-0.25, -0.2) is 4.79 Å². The van der Waals surface area contributed by atoms with E-state index in [-0.39, 0.29) is 12.6 Å². The number of carbonyl (C=O) groups excluding carboxylic acids is 1. The normalized spacial score (nSPS) is 12.3. The maximum Gasteiger partial charge on any atom is 0.314 e. The standard InChI is InChI=1S/C16H22ClN3O2/c1-2-3-13(21)10-20-16(22)18-7-6-11-9-19-15-5-4-12(17)8-14(11)15/h4-5,8-9,13,19,21H,2-3,6-7,10H2,1H3,(H2,18,20,22). The summed E-state index contributed by atoms with van der Waals surface area (Å²) in [6.45, 7) is 2.80. The first-order valence-corrected chi connectivity index (χ1v) is 7.93. The number of nitrogens with one attached hydrogen (secondary N) is 3. The van der Waals surface area contributed by atoms with Gasteiger partial charge in [-0.05, 0) is 36.6 Å². The van der Waals surface area contributed by atoms with E-state index in [1.807, 2.05) is 31.3 Å². The molecule has 0 aliphatic rings. The Labute approximate surface area is 135 Å². The molecule has 0 saturated heterocycles. The third kappa shape index (κ3) is 4.64. The molecule has 1 unspecified atom stereocenters. The number of rotatable bonds is 7. The molecule has 1 atom stereocenters. The summed E-state index contributed by atoms with van der Waals surface area (Å²) < 4.78 is 0. The number of aliphatic hydroxyl groups excluding tert-OH is 1. The Morgan fingerprint density at radius 2 is 2.23 bits per heavy atom. The summed E-state index contributed by atoms with van der Waals surface area (Å²) in [5, 5.41) is 16.8. The maximum absolute atomic E-state index is 11.6. The Kier molecular flexibility index (Phi) is 6.10. The van der Waals surface area contributed by atoms with Crippen molar-refractivity contribution in [3.8, 4) is 0 Å². The van der Waals surface area contributed by atoms with Crippen LogP contribution in [0.1, 0.15) is 25.3 Å². The number of urea groups is 1. The van der Waals surface area contributed by atoms with E-state index >= 15 is 0 Å². The summed E-state index contributed by atoms with van der Waals surface area (Å²) in [4.78, 5) is 14.8. The highest BCUT2D eigenvalue weighted by Crippen LogP contribution is 2.22. The number of benzene rings is 1. The van der Waals surface area contributed by atoms with Gasteiger partial charge in [0.05, 0.1) is 6.10 Å². The van der Waals surface area contributed by atoms with Crippen molar-refractivity contribution in [3.63, 3.8) is 0 Å². The fourth-order valence-electron chi connectivity index (χ4n) is 2.38. The number of aliphatic hydroxyl groups is 1. The van der Waals surface area contributed by atoms with E-state index in [0.29, 0.717) is 24.4 Å². The van der Waals surface area contributed by atoms with Gasteiger partial charge in [-0.2, -0.15) is 0 Å². The summed E-state index contributed by atoms with van der Waals surface area (Å²) >= 11 is 6.01. The van der Waals surface area contributed by atoms with Crippen molar-refractivity contribution in [1.82, 2.24) is 15.6 Å². The predicted molar refractivity (Wildman–Crippen MR) is 89.3 cm³/mol. The fourth-order valence-corrected chi connectivity index (χ4v) is 2.55. The van der Waals surface area contributed by atoms with Gasteiger partial charge in [0.2, 0.25) is 0 Å². The molecule has 22 heavy (non-hydrogen) atoms. The summed E-state index contributed by atoms with van der Waals surface area (Å²) in [6.07, 6.45) is 3.76. The van der Waals surface area contributed by atoms with Crippen molar-refractivity contribution in [1.29, 1.82) is 0 Å². The fraction of sp³-hybridized carbons (Fsp3) is 0.438. The number of aromatic amines is 1. The molecule has 5 nitrogen and oxygen atoms in total. The number of fused-ring (bicyclic) bond motifs is 1.